The standard InChI is InChI=1S/C33H40N4O12/c1-20-10-22(18-38)34(16-20)32(40)24-12-28(46-3)30(14-26(24)36(42)43)48-8-6-5-7-9-49-31-15-27(37(44)45)25(13-29(31)47-4)33(41)35-17-21(2)11-23(35)19-39/h12-15,22-23,38-39H,1-2,5-11,16-19H2,3-4H3/t22-,23-/m0/s1. The van der Waals surface area contributed by atoms with Crippen molar-refractivity contribution in [3.8, 4) is 23.0 Å². The zero-order valence-electron chi connectivity index (χ0n) is 27.4. The highest BCUT2D eigenvalue weighted by molar-refractivity contribution is 6.00. The average molecular weight is 685 g/mol. The summed E-state index contributed by atoms with van der Waals surface area (Å²) >= 11 is 0. The van der Waals surface area contributed by atoms with Crippen molar-refractivity contribution >= 4 is 23.2 Å². The number of benzene rings is 2. The number of nitrogens with zero attached hydrogens (tertiary/aromatic N) is 4. The lowest BCUT2D eigenvalue weighted by molar-refractivity contribution is -0.385. The maximum absolute atomic E-state index is 13.2. The number of ether oxygens (including phenoxy) is 4. The van der Waals surface area contributed by atoms with E-state index < -0.39 is 45.1 Å². The molecule has 16 nitrogen and oxygen atoms in total. The van der Waals surface area contributed by atoms with Crippen LogP contribution in [0, 0.1) is 20.2 Å². The van der Waals surface area contributed by atoms with Crippen molar-refractivity contribution in [1.29, 1.82) is 0 Å². The molecule has 2 amide bonds. The fourth-order valence-corrected chi connectivity index (χ4v) is 5.90. The molecule has 0 unspecified atom stereocenters. The Labute approximate surface area is 282 Å². The smallest absolute Gasteiger partial charge is 0.286 e. The van der Waals surface area contributed by atoms with Gasteiger partial charge in [-0.25, -0.2) is 0 Å². The number of methoxy groups -OCH3 is 2. The maximum Gasteiger partial charge on any atom is 0.286 e. The van der Waals surface area contributed by atoms with Crippen molar-refractivity contribution < 1.29 is 48.6 Å². The molecule has 4 rings (SSSR count). The second-order valence-electron chi connectivity index (χ2n) is 11.8. The van der Waals surface area contributed by atoms with Gasteiger partial charge in [0.1, 0.15) is 11.1 Å². The number of hydrogen-bond acceptors (Lipinski definition) is 12. The molecular formula is C33H40N4O12. The topological polar surface area (TPSA) is 204 Å². The molecule has 2 aliphatic rings. The molecule has 0 aromatic heterocycles. The first-order chi connectivity index (χ1) is 23.4. The summed E-state index contributed by atoms with van der Waals surface area (Å²) in [4.78, 5) is 51.7. The zero-order chi connectivity index (χ0) is 35.8. The molecule has 2 saturated heterocycles. The molecule has 0 bridgehead atoms. The average Bonchev–Trinajstić information content (AvgIpc) is 3.67. The number of aliphatic hydroxyl groups excluding tert-OH is 2. The van der Waals surface area contributed by atoms with Crippen molar-refractivity contribution in [3.05, 3.63) is 79.9 Å². The second kappa shape index (κ2) is 16.3. The van der Waals surface area contributed by atoms with Gasteiger partial charge in [0.25, 0.3) is 23.2 Å². The van der Waals surface area contributed by atoms with Crippen molar-refractivity contribution in [2.75, 3.05) is 53.7 Å². The SMILES string of the molecule is C=C1C[C@@H](CO)N(C(=O)c2cc(OC)c(OCCCCCOc3cc([N+](=O)[O-])c(C(=O)N4CC(=C)C[C@H]4CO)cc3OC)cc2[N+](=O)[O-])C1. The van der Waals surface area contributed by atoms with Crippen LogP contribution in [0.25, 0.3) is 0 Å². The Kier molecular flexibility index (Phi) is 12.1. The third kappa shape index (κ3) is 8.26. The monoisotopic (exact) mass is 684 g/mol. The van der Waals surface area contributed by atoms with Crippen molar-refractivity contribution in [2.45, 2.75) is 44.2 Å². The van der Waals surface area contributed by atoms with Crippen LogP contribution in [0.4, 0.5) is 11.4 Å². The lowest BCUT2D eigenvalue weighted by atomic mass is 10.1. The number of amides is 2. The molecule has 0 saturated carbocycles. The van der Waals surface area contributed by atoms with Gasteiger partial charge in [0.2, 0.25) is 0 Å². The van der Waals surface area contributed by atoms with E-state index in [4.69, 9.17) is 18.9 Å². The summed E-state index contributed by atoms with van der Waals surface area (Å²) in [7, 11) is 2.70. The van der Waals surface area contributed by atoms with Crippen molar-refractivity contribution in [2.24, 2.45) is 0 Å². The summed E-state index contributed by atoms with van der Waals surface area (Å²) in [5.41, 5.74) is 0.170. The molecule has 2 aromatic rings. The molecule has 0 aliphatic carbocycles. The van der Waals surface area contributed by atoms with E-state index >= 15 is 0 Å². The fraction of sp³-hybridized carbons (Fsp3) is 0.455. The van der Waals surface area contributed by atoms with Crippen LogP contribution in [0.1, 0.15) is 52.8 Å². The van der Waals surface area contributed by atoms with Gasteiger partial charge in [0, 0.05) is 25.2 Å². The van der Waals surface area contributed by atoms with E-state index in [1.807, 2.05) is 0 Å². The molecule has 0 spiro atoms. The Balaban J connectivity index is 1.35. The first kappa shape index (κ1) is 36.6. The van der Waals surface area contributed by atoms with Crippen LogP contribution >= 0.6 is 0 Å². The van der Waals surface area contributed by atoms with Crippen LogP contribution in [0.2, 0.25) is 0 Å². The highest BCUT2D eigenvalue weighted by Gasteiger charge is 2.36. The molecular weight excluding hydrogens is 644 g/mol. The maximum atomic E-state index is 13.2. The summed E-state index contributed by atoms with van der Waals surface area (Å²) < 4.78 is 22.3. The highest BCUT2D eigenvalue weighted by Crippen LogP contribution is 2.38. The number of carbonyl (C=O) groups excluding carboxylic acids is 2. The van der Waals surface area contributed by atoms with Gasteiger partial charge in [-0.05, 0) is 32.1 Å². The summed E-state index contributed by atoms with van der Waals surface area (Å²) in [5.74, 6) is -0.805. The van der Waals surface area contributed by atoms with E-state index in [0.29, 0.717) is 32.1 Å². The van der Waals surface area contributed by atoms with Crippen LogP contribution in [-0.2, 0) is 0 Å². The molecule has 16 heteroatoms. The van der Waals surface area contributed by atoms with Crippen molar-refractivity contribution in [3.63, 3.8) is 0 Å². The predicted octanol–water partition coefficient (Wildman–Crippen LogP) is 3.67. The normalized spacial score (nSPS) is 17.3. The van der Waals surface area contributed by atoms with Gasteiger partial charge in [0.05, 0.1) is 74.7 Å². The zero-order valence-corrected chi connectivity index (χ0v) is 27.4. The second-order valence-corrected chi connectivity index (χ2v) is 11.8. The number of nitro groups is 2. The Bertz CT molecular complexity index is 1510. The predicted molar refractivity (Wildman–Crippen MR) is 175 cm³/mol. The van der Waals surface area contributed by atoms with E-state index in [-0.39, 0.29) is 73.6 Å². The molecule has 2 heterocycles. The van der Waals surface area contributed by atoms with Gasteiger partial charge in [-0.2, -0.15) is 0 Å². The van der Waals surface area contributed by atoms with Crippen molar-refractivity contribution in [1.82, 2.24) is 9.80 Å². The van der Waals surface area contributed by atoms with E-state index in [2.05, 4.69) is 13.2 Å². The Morgan fingerprint density at radius 1 is 0.735 bits per heavy atom. The Hall–Kier alpha value is -5.22. The largest absolute Gasteiger partial charge is 0.493 e. The van der Waals surface area contributed by atoms with Gasteiger partial charge in [-0.15, -0.1) is 0 Å². The number of hydrogen-bond donors (Lipinski definition) is 2. The quantitative estimate of drug-likeness (QED) is 0.113. The molecule has 2 aliphatic heterocycles. The third-order valence-electron chi connectivity index (χ3n) is 8.38. The van der Waals surface area contributed by atoms with E-state index in [0.717, 1.165) is 23.3 Å². The number of aliphatic hydroxyl groups is 2. The first-order valence-electron chi connectivity index (χ1n) is 15.6. The minimum atomic E-state index is -0.675. The van der Waals surface area contributed by atoms with Gasteiger partial charge >= 0.3 is 0 Å². The number of carbonyl (C=O) groups is 2. The summed E-state index contributed by atoms with van der Waals surface area (Å²) in [6, 6.07) is 3.77. The van der Waals surface area contributed by atoms with Crippen LogP contribution in [0.5, 0.6) is 23.0 Å². The number of likely N-dealkylation sites (tertiary alicyclic amines) is 2. The van der Waals surface area contributed by atoms with Gasteiger partial charge < -0.3 is 39.0 Å². The van der Waals surface area contributed by atoms with E-state index in [1.165, 1.54) is 36.2 Å². The number of nitro benzene ring substituents is 2. The van der Waals surface area contributed by atoms with Crippen LogP contribution < -0.4 is 18.9 Å². The molecule has 2 aromatic carbocycles. The van der Waals surface area contributed by atoms with Gasteiger partial charge in [-0.3, -0.25) is 29.8 Å². The minimum Gasteiger partial charge on any atom is -0.493 e. The Morgan fingerprint density at radius 3 is 1.45 bits per heavy atom. The number of rotatable bonds is 16. The molecule has 0 radical (unpaired) electrons. The summed E-state index contributed by atoms with van der Waals surface area (Å²) in [5, 5.41) is 43.2. The van der Waals surface area contributed by atoms with E-state index in [9.17, 15) is 40.0 Å². The first-order valence-corrected chi connectivity index (χ1v) is 15.6. The molecule has 264 valence electrons. The molecule has 2 N–H and O–H groups in total. The summed E-state index contributed by atoms with van der Waals surface area (Å²) in [6.07, 6.45) is 2.41. The molecule has 49 heavy (non-hydrogen) atoms. The van der Waals surface area contributed by atoms with Gasteiger partial charge in [0.15, 0.2) is 23.0 Å². The third-order valence-corrected chi connectivity index (χ3v) is 8.38. The molecule has 2 fully saturated rings. The van der Waals surface area contributed by atoms with Gasteiger partial charge in [-0.1, -0.05) is 24.3 Å². The lowest BCUT2D eigenvalue weighted by Crippen LogP contribution is -2.38. The highest BCUT2D eigenvalue weighted by atomic mass is 16.6. The van der Waals surface area contributed by atoms with E-state index in [1.54, 1.807) is 0 Å². The lowest BCUT2D eigenvalue weighted by Gasteiger charge is -2.23. The minimum absolute atomic E-state index is 0.0850. The summed E-state index contributed by atoms with van der Waals surface area (Å²) in [6.45, 7) is 7.80. The van der Waals surface area contributed by atoms with Crippen LogP contribution in [-0.4, -0.2) is 107 Å². The molecule has 2 atom stereocenters. The fourth-order valence-electron chi connectivity index (χ4n) is 5.90. The number of unbranched alkanes of at least 4 members (excludes halogenated alkanes) is 2. The van der Waals surface area contributed by atoms with Crippen LogP contribution in [0.3, 0.4) is 0 Å². The Morgan fingerprint density at radius 2 is 1.12 bits per heavy atom. The van der Waals surface area contributed by atoms with Crippen LogP contribution in [0.15, 0.2) is 48.6 Å².